The normalized spacial score (nSPS) is 12.7. The fourth-order valence-electron chi connectivity index (χ4n) is 4.54. The summed E-state index contributed by atoms with van der Waals surface area (Å²) in [4.78, 5) is 20.3. The van der Waals surface area contributed by atoms with E-state index in [1.54, 1.807) is 24.5 Å². The van der Waals surface area contributed by atoms with E-state index in [0.29, 0.717) is 47.5 Å². The topological polar surface area (TPSA) is 130 Å². The summed E-state index contributed by atoms with van der Waals surface area (Å²) < 4.78 is 41.1. The van der Waals surface area contributed by atoms with Crippen molar-refractivity contribution in [3.63, 3.8) is 0 Å². The molecule has 0 saturated heterocycles. The highest BCUT2D eigenvalue weighted by Gasteiger charge is 2.29. The van der Waals surface area contributed by atoms with Crippen LogP contribution in [0.1, 0.15) is 36.6 Å². The van der Waals surface area contributed by atoms with E-state index in [9.17, 15) is 18.0 Å². The summed E-state index contributed by atoms with van der Waals surface area (Å²) in [6.07, 6.45) is 5.48. The van der Waals surface area contributed by atoms with Gasteiger partial charge in [0.25, 0.3) is 0 Å². The zero-order valence-electron chi connectivity index (χ0n) is 22.2. The van der Waals surface area contributed by atoms with Crippen LogP contribution in [0.25, 0.3) is 28.0 Å². The van der Waals surface area contributed by atoms with Gasteiger partial charge in [-0.2, -0.15) is 33.6 Å². The van der Waals surface area contributed by atoms with Crippen LogP contribution in [-0.4, -0.2) is 41.5 Å². The molecule has 1 atom stereocenters. The Morgan fingerprint density at radius 1 is 1.10 bits per heavy atom. The lowest BCUT2D eigenvalue weighted by atomic mass is 10.0. The predicted octanol–water partition coefficient (Wildman–Crippen LogP) is 5.07. The lowest BCUT2D eigenvalue weighted by molar-refractivity contribution is -0.0328. The van der Waals surface area contributed by atoms with Crippen LogP contribution in [0, 0.1) is 0 Å². The lowest BCUT2D eigenvalue weighted by Gasteiger charge is -2.11. The van der Waals surface area contributed by atoms with Gasteiger partial charge in [0.15, 0.2) is 0 Å². The van der Waals surface area contributed by atoms with Crippen molar-refractivity contribution in [1.82, 2.24) is 35.3 Å². The van der Waals surface area contributed by atoms with Crippen LogP contribution in [0.3, 0.4) is 0 Å². The molecule has 5 rings (SSSR count). The minimum atomic E-state index is -4.41. The molecule has 0 fully saturated rings. The minimum Gasteiger partial charge on any atom is -0.339 e. The van der Waals surface area contributed by atoms with Gasteiger partial charge in [-0.25, -0.2) is 4.79 Å². The van der Waals surface area contributed by atoms with Crippen LogP contribution in [0.15, 0.2) is 70.6 Å². The van der Waals surface area contributed by atoms with Gasteiger partial charge in [-0.05, 0) is 91.0 Å². The molecule has 0 spiro atoms. The number of nitrogens with one attached hydrogen (secondary N) is 3. The van der Waals surface area contributed by atoms with Gasteiger partial charge in [0, 0.05) is 41.3 Å². The molecule has 0 amide bonds. The van der Waals surface area contributed by atoms with Gasteiger partial charge in [0.1, 0.15) is 5.65 Å². The first-order chi connectivity index (χ1) is 19.6. The molecule has 0 unspecified atom stereocenters. The number of thioether (sulfide) groups is 1. The van der Waals surface area contributed by atoms with E-state index in [4.69, 9.17) is 5.73 Å². The van der Waals surface area contributed by atoms with E-state index in [1.165, 1.54) is 10.6 Å². The Morgan fingerprint density at radius 2 is 1.90 bits per heavy atom. The predicted molar refractivity (Wildman–Crippen MR) is 153 cm³/mol. The number of fused-ring (bicyclic) bond motifs is 1. The zero-order chi connectivity index (χ0) is 29.0. The fraction of sp³-hybridized carbons (Fsp3) is 0.286. The average Bonchev–Trinajstić information content (AvgIpc) is 3.57. The first kappa shape index (κ1) is 28.6. The zero-order valence-corrected chi connectivity index (χ0v) is 23.0. The Kier molecular flexibility index (Phi) is 8.57. The maximum Gasteiger partial charge on any atom is 0.446 e. The van der Waals surface area contributed by atoms with E-state index in [0.717, 1.165) is 29.7 Å². The first-order valence-electron chi connectivity index (χ1n) is 13.1. The summed E-state index contributed by atoms with van der Waals surface area (Å²) in [6.45, 7) is 3.09. The maximum atomic E-state index is 13.2. The third-order valence-corrected chi connectivity index (χ3v) is 7.16. The monoisotopic (exact) mass is 582 g/mol. The van der Waals surface area contributed by atoms with Gasteiger partial charge in [0.2, 0.25) is 0 Å². The van der Waals surface area contributed by atoms with Gasteiger partial charge in [-0.1, -0.05) is 12.1 Å². The number of halogens is 3. The Bertz CT molecular complexity index is 1660. The van der Waals surface area contributed by atoms with Crippen molar-refractivity contribution in [3.8, 4) is 16.9 Å². The summed E-state index contributed by atoms with van der Waals surface area (Å²) in [5, 5.41) is 14.3. The molecule has 5 N–H and O–H groups in total. The summed E-state index contributed by atoms with van der Waals surface area (Å²) in [5.41, 5.74) is 5.77. The summed E-state index contributed by atoms with van der Waals surface area (Å²) >= 11 is -0.142. The van der Waals surface area contributed by atoms with Crippen molar-refractivity contribution < 1.29 is 13.2 Å². The number of H-pyrrole nitrogens is 2. The second-order valence-electron chi connectivity index (χ2n) is 9.89. The number of aromatic nitrogens is 6. The van der Waals surface area contributed by atoms with Crippen LogP contribution < -0.4 is 16.7 Å². The standard InChI is InChI=1S/C28H29F3N8OS/c1-17(32)3-2-4-19-9-20(11-24(10-19)41-28(29,30)31)25-12-21-16-39(27(40)36-26(21)35-25)23-7-5-18(6-8-23)13-33-14-22-15-34-38-37-22/h5-12,15-17,33H,2-4,13-14,32H2,1H3,(H,34,37,38)(H,35,36,40)/t17-/m0/s1. The summed E-state index contributed by atoms with van der Waals surface area (Å²) in [5.74, 6) is 0. The molecule has 0 aliphatic rings. The second-order valence-corrected chi connectivity index (χ2v) is 11.0. The van der Waals surface area contributed by atoms with Gasteiger partial charge < -0.3 is 16.0 Å². The van der Waals surface area contributed by atoms with Crippen molar-refractivity contribution >= 4 is 22.8 Å². The number of hydrogen-bond donors (Lipinski definition) is 4. The number of nitrogens with zero attached hydrogens (tertiary/aromatic N) is 4. The minimum absolute atomic E-state index is 0.0213. The molecule has 0 radical (unpaired) electrons. The van der Waals surface area contributed by atoms with Crippen molar-refractivity contribution in [3.05, 3.63) is 88.2 Å². The molecule has 0 aliphatic heterocycles. The van der Waals surface area contributed by atoms with Gasteiger partial charge in [0.05, 0.1) is 17.6 Å². The Hall–Kier alpha value is -3.94. The Balaban J connectivity index is 1.38. The number of aryl methyl sites for hydroxylation is 1. The summed E-state index contributed by atoms with van der Waals surface area (Å²) in [6, 6.07) is 14.3. The third kappa shape index (κ3) is 7.63. The quantitative estimate of drug-likeness (QED) is 0.160. The number of rotatable bonds is 11. The van der Waals surface area contributed by atoms with Crippen LogP contribution >= 0.6 is 11.8 Å². The lowest BCUT2D eigenvalue weighted by Crippen LogP contribution is -2.20. The van der Waals surface area contributed by atoms with Crippen molar-refractivity contribution in [2.24, 2.45) is 5.73 Å². The van der Waals surface area contributed by atoms with Gasteiger partial charge in [-0.15, -0.1) is 0 Å². The molecule has 5 aromatic rings. The maximum absolute atomic E-state index is 13.2. The molecule has 2 aromatic carbocycles. The van der Waals surface area contributed by atoms with Crippen LogP contribution in [0.5, 0.6) is 0 Å². The number of alkyl halides is 3. The Labute approximate surface area is 237 Å². The van der Waals surface area contributed by atoms with Gasteiger partial charge >= 0.3 is 11.2 Å². The molecule has 13 heteroatoms. The molecule has 3 heterocycles. The molecule has 0 aliphatic carbocycles. The van der Waals surface area contributed by atoms with Crippen LogP contribution in [0.4, 0.5) is 13.2 Å². The molecular weight excluding hydrogens is 553 g/mol. The molecule has 214 valence electrons. The SMILES string of the molecule is C[C@H](N)CCCc1cc(SC(F)(F)F)cc(-c2cc3cn(-c4ccc(CNCc5cn[nH]n5)cc4)c(=O)nc3[nH]2)c1. The number of aromatic amines is 2. The first-order valence-corrected chi connectivity index (χ1v) is 13.9. The molecular formula is C28H29F3N8OS. The number of nitrogens with two attached hydrogens (primary N) is 1. The van der Waals surface area contributed by atoms with E-state index >= 15 is 0 Å². The highest BCUT2D eigenvalue weighted by Crippen LogP contribution is 2.39. The molecule has 3 aromatic heterocycles. The van der Waals surface area contributed by atoms with E-state index < -0.39 is 11.2 Å². The van der Waals surface area contributed by atoms with E-state index in [1.807, 2.05) is 37.3 Å². The van der Waals surface area contributed by atoms with E-state index in [-0.39, 0.29) is 22.7 Å². The smallest absolute Gasteiger partial charge is 0.339 e. The summed E-state index contributed by atoms with van der Waals surface area (Å²) in [7, 11) is 0. The fourth-order valence-corrected chi connectivity index (χ4v) is 5.20. The third-order valence-electron chi connectivity index (χ3n) is 6.46. The highest BCUT2D eigenvalue weighted by molar-refractivity contribution is 8.00. The molecule has 0 saturated carbocycles. The average molecular weight is 583 g/mol. The number of benzene rings is 2. The van der Waals surface area contributed by atoms with Gasteiger partial charge in [-0.3, -0.25) is 4.57 Å². The highest BCUT2D eigenvalue weighted by atomic mass is 32.2. The van der Waals surface area contributed by atoms with Crippen molar-refractivity contribution in [2.75, 3.05) is 0 Å². The van der Waals surface area contributed by atoms with Crippen LogP contribution in [-0.2, 0) is 19.5 Å². The van der Waals surface area contributed by atoms with Crippen LogP contribution in [0.2, 0.25) is 0 Å². The molecule has 0 bridgehead atoms. The molecule has 9 nitrogen and oxygen atoms in total. The van der Waals surface area contributed by atoms with Crippen molar-refractivity contribution in [1.29, 1.82) is 0 Å². The second kappa shape index (κ2) is 12.3. The Morgan fingerprint density at radius 3 is 2.61 bits per heavy atom. The largest absolute Gasteiger partial charge is 0.446 e. The van der Waals surface area contributed by atoms with Crippen molar-refractivity contribution in [2.45, 2.75) is 55.7 Å². The number of hydrogen-bond acceptors (Lipinski definition) is 7. The molecule has 41 heavy (non-hydrogen) atoms. The van der Waals surface area contributed by atoms with E-state index in [2.05, 4.69) is 30.7 Å².